The number of fused-ring (bicyclic) bond motifs is 3. The highest BCUT2D eigenvalue weighted by molar-refractivity contribution is 7.18. The number of amides is 1. The number of hydrogen-bond donors (Lipinski definition) is 1. The summed E-state index contributed by atoms with van der Waals surface area (Å²) in [5.41, 5.74) is 2.25. The summed E-state index contributed by atoms with van der Waals surface area (Å²) in [6, 6.07) is 18.4. The van der Waals surface area contributed by atoms with Gasteiger partial charge in [-0.1, -0.05) is 53.8 Å². The lowest BCUT2D eigenvalue weighted by molar-refractivity contribution is 0.0943. The van der Waals surface area contributed by atoms with E-state index in [2.05, 4.69) is 10.3 Å². The van der Waals surface area contributed by atoms with Gasteiger partial charge in [-0.15, -0.1) is 0 Å². The molecule has 6 heteroatoms. The fourth-order valence-corrected chi connectivity index (χ4v) is 3.73. The fourth-order valence-electron chi connectivity index (χ4n) is 2.79. The summed E-state index contributed by atoms with van der Waals surface area (Å²) in [4.78, 5) is 30.4. The zero-order valence-corrected chi connectivity index (χ0v) is 14.3. The van der Waals surface area contributed by atoms with Crippen molar-refractivity contribution in [1.29, 1.82) is 0 Å². The van der Waals surface area contributed by atoms with Crippen LogP contribution in [0, 0.1) is 0 Å². The van der Waals surface area contributed by atoms with Gasteiger partial charge in [-0.2, -0.15) is 0 Å². The van der Waals surface area contributed by atoms with Gasteiger partial charge in [0.15, 0.2) is 4.96 Å². The Morgan fingerprint density at radius 1 is 1.12 bits per heavy atom. The fraction of sp³-hybridized carbons (Fsp3) is 0.105. The first kappa shape index (κ1) is 15.5. The van der Waals surface area contributed by atoms with Crippen molar-refractivity contribution in [3.63, 3.8) is 0 Å². The number of rotatable bonds is 3. The van der Waals surface area contributed by atoms with E-state index in [0.717, 1.165) is 16.6 Å². The van der Waals surface area contributed by atoms with Crippen LogP contribution in [-0.4, -0.2) is 15.3 Å². The van der Waals surface area contributed by atoms with Crippen LogP contribution in [0.25, 0.3) is 16.0 Å². The van der Waals surface area contributed by atoms with E-state index < -0.39 is 0 Å². The Hall–Kier alpha value is -2.99. The molecule has 4 rings (SSSR count). The molecule has 1 N–H and O–H groups in total. The Kier molecular flexibility index (Phi) is 3.82. The lowest BCUT2D eigenvalue weighted by Crippen LogP contribution is -2.27. The second-order valence-corrected chi connectivity index (χ2v) is 6.78. The van der Waals surface area contributed by atoms with Crippen molar-refractivity contribution in [2.24, 2.45) is 0 Å². The first-order valence-electron chi connectivity index (χ1n) is 7.90. The van der Waals surface area contributed by atoms with Gasteiger partial charge in [0.25, 0.3) is 11.5 Å². The number of nitrogens with one attached hydrogen (secondary N) is 1. The number of carbonyl (C=O) groups excluding carboxylic acids is 1. The summed E-state index contributed by atoms with van der Waals surface area (Å²) in [6.07, 6.45) is 0. The summed E-state index contributed by atoms with van der Waals surface area (Å²) in [6.45, 7) is 1.92. The number of para-hydroxylation sites is 2. The maximum absolute atomic E-state index is 12.6. The SMILES string of the molecule is CC(NC(=O)c1cc(=O)n2c(nc3ccccc32)s1)c1ccccc1. The van der Waals surface area contributed by atoms with Crippen molar-refractivity contribution in [1.82, 2.24) is 14.7 Å². The molecule has 0 saturated heterocycles. The molecule has 5 nitrogen and oxygen atoms in total. The molecule has 0 aliphatic rings. The Labute approximate surface area is 147 Å². The van der Waals surface area contributed by atoms with Gasteiger partial charge in [0.05, 0.1) is 17.1 Å². The molecule has 0 saturated carbocycles. The quantitative estimate of drug-likeness (QED) is 0.616. The molecule has 0 aliphatic heterocycles. The highest BCUT2D eigenvalue weighted by Crippen LogP contribution is 2.20. The third kappa shape index (κ3) is 2.81. The summed E-state index contributed by atoms with van der Waals surface area (Å²) < 4.78 is 1.54. The van der Waals surface area contributed by atoms with Crippen LogP contribution in [0.15, 0.2) is 65.5 Å². The van der Waals surface area contributed by atoms with Crippen LogP contribution in [0.4, 0.5) is 0 Å². The Balaban J connectivity index is 1.70. The topological polar surface area (TPSA) is 63.5 Å². The van der Waals surface area contributed by atoms with E-state index >= 15 is 0 Å². The second-order valence-electron chi connectivity index (χ2n) is 5.77. The molecule has 2 heterocycles. The van der Waals surface area contributed by atoms with Crippen LogP contribution in [0.3, 0.4) is 0 Å². The number of carbonyl (C=O) groups is 1. The van der Waals surface area contributed by atoms with Crippen molar-refractivity contribution in [3.05, 3.63) is 81.5 Å². The van der Waals surface area contributed by atoms with Gasteiger partial charge < -0.3 is 5.32 Å². The summed E-state index contributed by atoms with van der Waals surface area (Å²) in [7, 11) is 0. The normalized spacial score (nSPS) is 12.4. The van der Waals surface area contributed by atoms with Gasteiger partial charge in [-0.3, -0.25) is 14.0 Å². The molecular formula is C19H15N3O2S. The number of hydrogen-bond acceptors (Lipinski definition) is 4. The van der Waals surface area contributed by atoms with Crippen molar-refractivity contribution in [2.45, 2.75) is 13.0 Å². The minimum Gasteiger partial charge on any atom is -0.345 e. The molecule has 0 spiro atoms. The molecule has 0 fully saturated rings. The van der Waals surface area contributed by atoms with Crippen LogP contribution in [0.5, 0.6) is 0 Å². The van der Waals surface area contributed by atoms with E-state index in [1.807, 2.05) is 61.5 Å². The van der Waals surface area contributed by atoms with Gasteiger partial charge in [0, 0.05) is 6.07 Å². The molecule has 25 heavy (non-hydrogen) atoms. The average Bonchev–Trinajstić information content (AvgIpc) is 3.01. The van der Waals surface area contributed by atoms with E-state index in [-0.39, 0.29) is 17.5 Å². The number of imidazole rings is 1. The zero-order chi connectivity index (χ0) is 17.4. The standard InChI is InChI=1S/C19H15N3O2S/c1-12(13-7-3-2-4-8-13)20-18(24)16-11-17(23)22-15-10-6-5-9-14(15)21-19(22)25-16/h2-12H,1H3,(H,20,24). The molecule has 1 unspecified atom stereocenters. The Bertz CT molecular complexity index is 1130. The van der Waals surface area contributed by atoms with Gasteiger partial charge in [0.1, 0.15) is 4.88 Å². The third-order valence-electron chi connectivity index (χ3n) is 4.08. The molecular weight excluding hydrogens is 334 g/mol. The van der Waals surface area contributed by atoms with E-state index in [0.29, 0.717) is 9.84 Å². The molecule has 1 atom stereocenters. The van der Waals surface area contributed by atoms with Crippen molar-refractivity contribution in [3.8, 4) is 0 Å². The Morgan fingerprint density at radius 3 is 2.64 bits per heavy atom. The van der Waals surface area contributed by atoms with Gasteiger partial charge in [0.2, 0.25) is 0 Å². The second kappa shape index (κ2) is 6.14. The van der Waals surface area contributed by atoms with Crippen molar-refractivity contribution < 1.29 is 4.79 Å². The van der Waals surface area contributed by atoms with Crippen molar-refractivity contribution >= 4 is 33.2 Å². The largest absolute Gasteiger partial charge is 0.345 e. The number of nitrogens with zero attached hydrogens (tertiary/aromatic N) is 2. The maximum Gasteiger partial charge on any atom is 0.262 e. The van der Waals surface area contributed by atoms with Gasteiger partial charge in [-0.25, -0.2) is 4.98 Å². The lowest BCUT2D eigenvalue weighted by Gasteiger charge is -2.13. The molecule has 2 aromatic heterocycles. The molecule has 2 aromatic carbocycles. The van der Waals surface area contributed by atoms with Crippen LogP contribution >= 0.6 is 11.3 Å². The van der Waals surface area contributed by atoms with Crippen LogP contribution in [0.2, 0.25) is 0 Å². The minimum absolute atomic E-state index is 0.147. The average molecular weight is 349 g/mol. The van der Waals surface area contributed by atoms with E-state index in [9.17, 15) is 9.59 Å². The zero-order valence-electron chi connectivity index (χ0n) is 13.5. The molecule has 4 aromatic rings. The number of aromatic nitrogens is 2. The minimum atomic E-state index is -0.270. The van der Waals surface area contributed by atoms with Gasteiger partial charge in [-0.05, 0) is 24.6 Å². The van der Waals surface area contributed by atoms with Crippen molar-refractivity contribution in [2.75, 3.05) is 0 Å². The summed E-state index contributed by atoms with van der Waals surface area (Å²) in [5, 5.41) is 2.93. The Morgan fingerprint density at radius 2 is 1.84 bits per heavy atom. The first-order valence-corrected chi connectivity index (χ1v) is 8.72. The van der Waals surface area contributed by atoms with Crippen LogP contribution in [0.1, 0.15) is 28.2 Å². The predicted octanol–water partition coefficient (Wildman–Crippen LogP) is 3.40. The molecule has 0 radical (unpaired) electrons. The first-order chi connectivity index (χ1) is 12.1. The third-order valence-corrected chi connectivity index (χ3v) is 5.06. The lowest BCUT2D eigenvalue weighted by atomic mass is 10.1. The van der Waals surface area contributed by atoms with E-state index in [4.69, 9.17) is 0 Å². The predicted molar refractivity (Wildman–Crippen MR) is 99.2 cm³/mol. The van der Waals surface area contributed by atoms with Crippen LogP contribution in [-0.2, 0) is 0 Å². The van der Waals surface area contributed by atoms with Crippen LogP contribution < -0.4 is 10.9 Å². The highest BCUT2D eigenvalue weighted by atomic mass is 32.1. The molecule has 124 valence electrons. The monoisotopic (exact) mass is 349 g/mol. The number of benzene rings is 2. The van der Waals surface area contributed by atoms with E-state index in [1.54, 1.807) is 0 Å². The molecule has 0 aliphatic carbocycles. The smallest absolute Gasteiger partial charge is 0.262 e. The molecule has 0 bridgehead atoms. The van der Waals surface area contributed by atoms with E-state index in [1.165, 1.54) is 21.8 Å². The summed E-state index contributed by atoms with van der Waals surface area (Å²) in [5.74, 6) is -0.270. The highest BCUT2D eigenvalue weighted by Gasteiger charge is 2.16. The van der Waals surface area contributed by atoms with Gasteiger partial charge >= 0.3 is 0 Å². The maximum atomic E-state index is 12.6. The summed E-state index contributed by atoms with van der Waals surface area (Å²) >= 11 is 1.21. The molecule has 1 amide bonds.